The molecule has 0 saturated heterocycles. The summed E-state index contributed by atoms with van der Waals surface area (Å²) in [7, 11) is 0. The van der Waals surface area contributed by atoms with Crippen molar-refractivity contribution in [3.63, 3.8) is 0 Å². The highest BCUT2D eigenvalue weighted by atomic mass is 32.2. The highest BCUT2D eigenvalue weighted by molar-refractivity contribution is 8.00. The summed E-state index contributed by atoms with van der Waals surface area (Å²) < 4.78 is 13.0. The Balaban J connectivity index is 1.64. The van der Waals surface area contributed by atoms with Gasteiger partial charge in [0.05, 0.1) is 5.57 Å². The van der Waals surface area contributed by atoms with Crippen molar-refractivity contribution in [2.24, 2.45) is 0 Å². The molecule has 6 heteroatoms. The number of aryl methyl sites for hydroxylation is 1. The number of aromatic hydroxyl groups is 1. The molecule has 1 atom stereocenters. The van der Waals surface area contributed by atoms with Crippen LogP contribution in [-0.4, -0.2) is 32.2 Å². The van der Waals surface area contributed by atoms with Gasteiger partial charge in [0.2, 0.25) is 0 Å². The Morgan fingerprint density at radius 1 is 1.14 bits per heavy atom. The molecule has 146 valence electrons. The first-order chi connectivity index (χ1) is 13.5. The quantitative estimate of drug-likeness (QED) is 0.637. The summed E-state index contributed by atoms with van der Waals surface area (Å²) in [5.74, 6) is -0.231. The Morgan fingerprint density at radius 2 is 1.89 bits per heavy atom. The van der Waals surface area contributed by atoms with Gasteiger partial charge >= 0.3 is 5.97 Å². The zero-order valence-electron chi connectivity index (χ0n) is 15.3. The van der Waals surface area contributed by atoms with E-state index in [1.807, 2.05) is 23.2 Å². The Bertz CT molecular complexity index is 880. The first-order valence-electron chi connectivity index (χ1n) is 9.05. The number of allylic oxidation sites excluding steroid dienone is 2. The third-order valence-corrected chi connectivity index (χ3v) is 5.88. The monoisotopic (exact) mass is 399 g/mol. The van der Waals surface area contributed by atoms with E-state index in [4.69, 9.17) is 0 Å². The highest BCUT2D eigenvalue weighted by Gasteiger charge is 2.27. The lowest BCUT2D eigenvalue weighted by Gasteiger charge is -2.33. The van der Waals surface area contributed by atoms with Gasteiger partial charge in [-0.15, -0.1) is 11.8 Å². The number of carboxylic acids is 1. The van der Waals surface area contributed by atoms with E-state index in [0.717, 1.165) is 29.7 Å². The minimum Gasteiger partial charge on any atom is -0.508 e. The minimum absolute atomic E-state index is 0.197. The number of carboxylic acid groups (broad SMARTS) is 1. The molecule has 4 nitrogen and oxygen atoms in total. The molecule has 0 spiro atoms. The number of carbonyl (C=O) groups is 1. The molecule has 0 bridgehead atoms. The van der Waals surface area contributed by atoms with E-state index in [1.54, 1.807) is 48.2 Å². The Kier molecular flexibility index (Phi) is 6.76. The fourth-order valence-electron chi connectivity index (χ4n) is 3.06. The van der Waals surface area contributed by atoms with Gasteiger partial charge in [-0.25, -0.2) is 9.18 Å². The normalized spacial score (nSPS) is 16.1. The van der Waals surface area contributed by atoms with E-state index in [0.29, 0.717) is 12.1 Å². The number of aliphatic carboxylic acids is 1. The van der Waals surface area contributed by atoms with Crippen molar-refractivity contribution in [1.29, 1.82) is 0 Å². The topological polar surface area (TPSA) is 60.8 Å². The summed E-state index contributed by atoms with van der Waals surface area (Å²) >= 11 is 1.56. The van der Waals surface area contributed by atoms with Crippen LogP contribution in [0.3, 0.4) is 0 Å². The van der Waals surface area contributed by atoms with E-state index in [9.17, 15) is 19.4 Å². The predicted molar refractivity (Wildman–Crippen MR) is 109 cm³/mol. The molecule has 0 radical (unpaired) electrons. The van der Waals surface area contributed by atoms with Crippen molar-refractivity contribution >= 4 is 17.7 Å². The first-order valence-corrected chi connectivity index (χ1v) is 10.1. The molecule has 0 saturated carbocycles. The number of hydrogen-bond acceptors (Lipinski definition) is 4. The fraction of sp³-hybridized carbons (Fsp3) is 0.227. The molecule has 2 aromatic rings. The number of halogens is 1. The zero-order chi connectivity index (χ0) is 19.9. The average Bonchev–Trinajstić information content (AvgIpc) is 2.69. The second-order valence-electron chi connectivity index (χ2n) is 6.52. The Labute approximate surface area is 168 Å². The molecule has 0 amide bonds. The molecule has 0 aliphatic carbocycles. The number of nitrogens with zero attached hydrogens (tertiary/aromatic N) is 1. The lowest BCUT2D eigenvalue weighted by Crippen LogP contribution is -2.34. The maximum absolute atomic E-state index is 13.0. The highest BCUT2D eigenvalue weighted by Crippen LogP contribution is 2.31. The van der Waals surface area contributed by atoms with E-state index in [2.05, 4.69) is 0 Å². The van der Waals surface area contributed by atoms with Crippen LogP contribution in [0, 0.1) is 5.82 Å². The molecular formula is C22H22FNO3S. The minimum atomic E-state index is -0.942. The molecule has 1 heterocycles. The maximum Gasteiger partial charge on any atom is 0.334 e. The van der Waals surface area contributed by atoms with Gasteiger partial charge in [0.15, 0.2) is 0 Å². The number of phenols is 1. The van der Waals surface area contributed by atoms with Crippen molar-refractivity contribution in [3.05, 3.63) is 89.4 Å². The van der Waals surface area contributed by atoms with Gasteiger partial charge in [0.25, 0.3) is 0 Å². The van der Waals surface area contributed by atoms with E-state index < -0.39 is 5.97 Å². The predicted octanol–water partition coefficient (Wildman–Crippen LogP) is 4.56. The van der Waals surface area contributed by atoms with Gasteiger partial charge in [0, 0.05) is 18.3 Å². The number of rotatable bonds is 8. The van der Waals surface area contributed by atoms with Crippen LogP contribution < -0.4 is 0 Å². The number of thioether (sulfide) groups is 1. The first kappa shape index (κ1) is 20.0. The smallest absolute Gasteiger partial charge is 0.334 e. The van der Waals surface area contributed by atoms with Crippen LogP contribution in [0.4, 0.5) is 4.39 Å². The lowest BCUT2D eigenvalue weighted by molar-refractivity contribution is -0.133. The molecule has 0 aromatic heterocycles. The van der Waals surface area contributed by atoms with Crippen molar-refractivity contribution in [1.82, 2.24) is 4.90 Å². The van der Waals surface area contributed by atoms with Gasteiger partial charge < -0.3 is 15.1 Å². The molecule has 28 heavy (non-hydrogen) atoms. The standard InChI is InChI=1S/C22H22FNO3S/c23-18-11-9-16(10-12-18)5-4-14-28-21-19(22(26)27)7-3-13-24(21)15-17-6-1-2-8-20(17)25/h1-3,6-13,21,25H,4-5,14-15H2,(H,26,27). The molecule has 1 aliphatic rings. The van der Waals surface area contributed by atoms with Crippen LogP contribution in [-0.2, 0) is 17.8 Å². The molecule has 2 N–H and O–H groups in total. The van der Waals surface area contributed by atoms with E-state index in [1.165, 1.54) is 12.1 Å². The molecule has 2 aromatic carbocycles. The second-order valence-corrected chi connectivity index (χ2v) is 7.71. The number of phenolic OH excluding ortho intramolecular Hbond substituents is 1. The van der Waals surface area contributed by atoms with Crippen LogP contribution in [0.5, 0.6) is 5.75 Å². The van der Waals surface area contributed by atoms with Gasteiger partial charge in [0.1, 0.15) is 16.9 Å². The van der Waals surface area contributed by atoms with Gasteiger partial charge in [-0.2, -0.15) is 0 Å². The van der Waals surface area contributed by atoms with E-state index >= 15 is 0 Å². The summed E-state index contributed by atoms with van der Waals surface area (Å²) in [6.45, 7) is 0.420. The molecule has 3 rings (SSSR count). The van der Waals surface area contributed by atoms with Crippen LogP contribution in [0.25, 0.3) is 0 Å². The maximum atomic E-state index is 13.0. The third kappa shape index (κ3) is 5.16. The van der Waals surface area contributed by atoms with Crippen LogP contribution in [0.1, 0.15) is 17.5 Å². The van der Waals surface area contributed by atoms with Crippen molar-refractivity contribution in [2.75, 3.05) is 5.75 Å². The molecule has 1 aliphatic heterocycles. The lowest BCUT2D eigenvalue weighted by atomic mass is 10.1. The number of para-hydroxylation sites is 1. The second kappa shape index (κ2) is 9.46. The summed E-state index contributed by atoms with van der Waals surface area (Å²) in [4.78, 5) is 13.6. The third-order valence-electron chi connectivity index (χ3n) is 4.51. The van der Waals surface area contributed by atoms with Crippen LogP contribution in [0.2, 0.25) is 0 Å². The van der Waals surface area contributed by atoms with E-state index in [-0.39, 0.29) is 16.9 Å². The summed E-state index contributed by atoms with van der Waals surface area (Å²) in [5, 5.41) is 19.3. The van der Waals surface area contributed by atoms with Crippen LogP contribution in [0.15, 0.2) is 72.5 Å². The van der Waals surface area contributed by atoms with Crippen LogP contribution >= 0.6 is 11.8 Å². The van der Waals surface area contributed by atoms with Gasteiger partial charge in [-0.3, -0.25) is 0 Å². The molecular weight excluding hydrogens is 377 g/mol. The molecule has 1 unspecified atom stereocenters. The number of benzene rings is 2. The summed E-state index contributed by atoms with van der Waals surface area (Å²) in [6, 6.07) is 13.5. The largest absolute Gasteiger partial charge is 0.508 e. The SMILES string of the molecule is O=C(O)C1=CC=CN(Cc2ccccc2O)C1SCCCc1ccc(F)cc1. The molecule has 0 fully saturated rings. The van der Waals surface area contributed by atoms with Gasteiger partial charge in [-0.1, -0.05) is 30.3 Å². The van der Waals surface area contributed by atoms with Gasteiger partial charge in [-0.05, 0) is 54.5 Å². The Morgan fingerprint density at radius 3 is 2.61 bits per heavy atom. The zero-order valence-corrected chi connectivity index (χ0v) is 16.1. The summed E-state index contributed by atoms with van der Waals surface area (Å²) in [5.41, 5.74) is 2.13. The Hall–Kier alpha value is -2.73. The van der Waals surface area contributed by atoms with Crippen molar-refractivity contribution < 1.29 is 19.4 Å². The fourth-order valence-corrected chi connectivity index (χ4v) is 4.29. The van der Waals surface area contributed by atoms with Crippen molar-refractivity contribution in [3.8, 4) is 5.75 Å². The number of hydrogen-bond donors (Lipinski definition) is 2. The van der Waals surface area contributed by atoms with Crippen molar-refractivity contribution in [2.45, 2.75) is 24.8 Å². The average molecular weight is 399 g/mol. The summed E-state index contributed by atoms with van der Waals surface area (Å²) in [6.07, 6.45) is 6.87.